The zero-order chi connectivity index (χ0) is 13.8. The van der Waals surface area contributed by atoms with Gasteiger partial charge in [0.25, 0.3) is 5.91 Å². The lowest BCUT2D eigenvalue weighted by Crippen LogP contribution is -2.30. The molecule has 2 rings (SSSR count). The smallest absolute Gasteiger partial charge is 0.258 e. The molecule has 0 fully saturated rings. The fraction of sp³-hybridized carbons (Fsp3) is 0.214. The number of carbonyl (C=O) groups is 1. The molecule has 0 aliphatic heterocycles. The Morgan fingerprint density at radius 3 is 2.74 bits per heavy atom. The highest BCUT2D eigenvalue weighted by Crippen LogP contribution is 2.22. The van der Waals surface area contributed by atoms with Crippen LogP contribution in [0.4, 0.5) is 4.39 Å². The molecule has 0 spiro atoms. The van der Waals surface area contributed by atoms with Crippen LogP contribution < -0.4 is 0 Å². The van der Waals surface area contributed by atoms with Crippen LogP contribution in [-0.4, -0.2) is 17.4 Å². The molecule has 0 radical (unpaired) electrons. The van der Waals surface area contributed by atoms with E-state index in [0.717, 1.165) is 4.88 Å². The molecule has 0 saturated heterocycles. The van der Waals surface area contributed by atoms with Gasteiger partial charge in [0.15, 0.2) is 0 Å². The molecule has 1 heterocycles. The Labute approximate surface area is 120 Å². The van der Waals surface area contributed by atoms with Gasteiger partial charge in [0.1, 0.15) is 5.82 Å². The lowest BCUT2D eigenvalue weighted by atomic mass is 10.2. The van der Waals surface area contributed by atoms with Crippen molar-refractivity contribution in [2.45, 2.75) is 13.5 Å². The molecule has 100 valence electrons. The summed E-state index contributed by atoms with van der Waals surface area (Å²) < 4.78 is 13.7. The molecular weight excluding hydrogens is 285 g/mol. The molecule has 0 unspecified atom stereocenters. The van der Waals surface area contributed by atoms with Gasteiger partial charge in [-0.2, -0.15) is 0 Å². The number of benzene rings is 1. The number of thiophene rings is 1. The van der Waals surface area contributed by atoms with Crippen molar-refractivity contribution in [1.82, 2.24) is 4.90 Å². The first-order chi connectivity index (χ1) is 9.13. The minimum Gasteiger partial charge on any atom is -0.334 e. The Morgan fingerprint density at radius 2 is 2.16 bits per heavy atom. The lowest BCUT2D eigenvalue weighted by Gasteiger charge is -2.21. The molecule has 5 heteroatoms. The maximum atomic E-state index is 13.7. The average molecular weight is 298 g/mol. The van der Waals surface area contributed by atoms with Gasteiger partial charge in [-0.25, -0.2) is 4.39 Å². The van der Waals surface area contributed by atoms with E-state index in [1.54, 1.807) is 16.2 Å². The van der Waals surface area contributed by atoms with Crippen LogP contribution in [0.15, 0.2) is 35.7 Å². The SMILES string of the molecule is CCN(Cc1cccs1)C(=O)c1c(F)cccc1Cl. The van der Waals surface area contributed by atoms with Gasteiger partial charge in [0, 0.05) is 11.4 Å². The number of rotatable bonds is 4. The number of carbonyl (C=O) groups excluding carboxylic acids is 1. The van der Waals surface area contributed by atoms with E-state index in [0.29, 0.717) is 13.1 Å². The summed E-state index contributed by atoms with van der Waals surface area (Å²) in [5.74, 6) is -0.957. The molecule has 0 bridgehead atoms. The van der Waals surface area contributed by atoms with E-state index in [-0.39, 0.29) is 16.5 Å². The van der Waals surface area contributed by atoms with Crippen LogP contribution in [0, 0.1) is 5.82 Å². The molecule has 1 amide bonds. The quantitative estimate of drug-likeness (QED) is 0.828. The largest absolute Gasteiger partial charge is 0.334 e. The topological polar surface area (TPSA) is 20.3 Å². The van der Waals surface area contributed by atoms with Gasteiger partial charge in [0.2, 0.25) is 0 Å². The monoisotopic (exact) mass is 297 g/mol. The van der Waals surface area contributed by atoms with E-state index in [9.17, 15) is 9.18 Å². The third-order valence-electron chi connectivity index (χ3n) is 2.77. The Morgan fingerprint density at radius 1 is 1.37 bits per heavy atom. The van der Waals surface area contributed by atoms with Crippen molar-refractivity contribution in [3.05, 3.63) is 57.0 Å². The molecule has 1 aromatic heterocycles. The predicted molar refractivity (Wildman–Crippen MR) is 76.1 cm³/mol. The first-order valence-corrected chi connectivity index (χ1v) is 7.15. The first kappa shape index (κ1) is 14.0. The number of halogens is 2. The zero-order valence-electron chi connectivity index (χ0n) is 10.4. The lowest BCUT2D eigenvalue weighted by molar-refractivity contribution is 0.0749. The van der Waals surface area contributed by atoms with Crippen LogP contribution in [0.3, 0.4) is 0 Å². The van der Waals surface area contributed by atoms with E-state index >= 15 is 0 Å². The van der Waals surface area contributed by atoms with E-state index in [1.807, 2.05) is 24.4 Å². The molecule has 0 saturated carbocycles. The van der Waals surface area contributed by atoms with Crippen LogP contribution in [0.2, 0.25) is 5.02 Å². The van der Waals surface area contributed by atoms with E-state index < -0.39 is 5.82 Å². The summed E-state index contributed by atoms with van der Waals surface area (Å²) in [6.45, 7) is 2.83. The number of hydrogen-bond acceptors (Lipinski definition) is 2. The van der Waals surface area contributed by atoms with Gasteiger partial charge in [-0.3, -0.25) is 4.79 Å². The molecule has 19 heavy (non-hydrogen) atoms. The summed E-state index contributed by atoms with van der Waals surface area (Å²) in [5.41, 5.74) is -0.0532. The fourth-order valence-corrected chi connectivity index (χ4v) is 2.74. The summed E-state index contributed by atoms with van der Waals surface area (Å²) in [7, 11) is 0. The van der Waals surface area contributed by atoms with Crippen LogP contribution >= 0.6 is 22.9 Å². The summed E-state index contributed by atoms with van der Waals surface area (Å²) in [5, 5.41) is 2.10. The highest BCUT2D eigenvalue weighted by atomic mass is 35.5. The standard InChI is InChI=1S/C14H13ClFNOS/c1-2-17(9-10-5-4-8-19-10)14(18)13-11(15)6-3-7-12(13)16/h3-8H,2,9H2,1H3. The van der Waals surface area contributed by atoms with Gasteiger partial charge in [0.05, 0.1) is 17.1 Å². The maximum absolute atomic E-state index is 13.7. The first-order valence-electron chi connectivity index (χ1n) is 5.89. The van der Waals surface area contributed by atoms with Crippen molar-refractivity contribution in [3.63, 3.8) is 0 Å². The van der Waals surface area contributed by atoms with Crippen LogP contribution in [0.1, 0.15) is 22.2 Å². The van der Waals surface area contributed by atoms with Gasteiger partial charge < -0.3 is 4.90 Å². The highest BCUT2D eigenvalue weighted by molar-refractivity contribution is 7.09. The molecule has 0 atom stereocenters. The highest BCUT2D eigenvalue weighted by Gasteiger charge is 2.21. The second kappa shape index (κ2) is 6.17. The van der Waals surface area contributed by atoms with Crippen LogP contribution in [-0.2, 0) is 6.54 Å². The second-order valence-corrected chi connectivity index (χ2v) is 5.43. The second-order valence-electron chi connectivity index (χ2n) is 4.00. The summed E-state index contributed by atoms with van der Waals surface area (Å²) >= 11 is 7.49. The Balaban J connectivity index is 2.26. The van der Waals surface area contributed by atoms with Crippen LogP contribution in [0.5, 0.6) is 0 Å². The van der Waals surface area contributed by atoms with E-state index in [1.165, 1.54) is 18.2 Å². The molecule has 2 nitrogen and oxygen atoms in total. The van der Waals surface area contributed by atoms with Gasteiger partial charge in [-0.15, -0.1) is 11.3 Å². The van der Waals surface area contributed by atoms with E-state index in [2.05, 4.69) is 0 Å². The minimum absolute atomic E-state index is 0.0532. The molecule has 0 aliphatic rings. The van der Waals surface area contributed by atoms with Gasteiger partial charge >= 0.3 is 0 Å². The molecule has 0 aliphatic carbocycles. The number of hydrogen-bond donors (Lipinski definition) is 0. The fourth-order valence-electron chi connectivity index (χ4n) is 1.78. The minimum atomic E-state index is -0.581. The zero-order valence-corrected chi connectivity index (χ0v) is 12.0. The summed E-state index contributed by atoms with van der Waals surface area (Å²) in [6.07, 6.45) is 0. The van der Waals surface area contributed by atoms with Gasteiger partial charge in [-0.05, 0) is 30.5 Å². The number of nitrogens with zero attached hydrogens (tertiary/aromatic N) is 1. The molecular formula is C14H13ClFNOS. The molecule has 0 N–H and O–H groups in total. The Kier molecular flexibility index (Phi) is 4.56. The van der Waals surface area contributed by atoms with Crippen molar-refractivity contribution >= 4 is 28.8 Å². The number of amides is 1. The third-order valence-corrected chi connectivity index (χ3v) is 3.95. The van der Waals surface area contributed by atoms with Crippen molar-refractivity contribution in [3.8, 4) is 0 Å². The predicted octanol–water partition coefficient (Wildman–Crippen LogP) is 4.20. The maximum Gasteiger partial charge on any atom is 0.258 e. The van der Waals surface area contributed by atoms with Crippen molar-refractivity contribution < 1.29 is 9.18 Å². The summed E-state index contributed by atoms with van der Waals surface area (Å²) in [6, 6.07) is 8.14. The van der Waals surface area contributed by atoms with Crippen molar-refractivity contribution in [1.29, 1.82) is 0 Å². The normalized spacial score (nSPS) is 10.5. The summed E-state index contributed by atoms with van der Waals surface area (Å²) in [4.78, 5) is 15.0. The molecule has 1 aromatic carbocycles. The third kappa shape index (κ3) is 3.14. The van der Waals surface area contributed by atoms with Crippen LogP contribution in [0.25, 0.3) is 0 Å². The Bertz CT molecular complexity index is 551. The average Bonchev–Trinajstić information content (AvgIpc) is 2.88. The van der Waals surface area contributed by atoms with E-state index in [4.69, 9.17) is 11.6 Å². The van der Waals surface area contributed by atoms with Crippen molar-refractivity contribution in [2.24, 2.45) is 0 Å². The molecule has 2 aromatic rings. The Hall–Kier alpha value is -1.39. The van der Waals surface area contributed by atoms with Crippen molar-refractivity contribution in [2.75, 3.05) is 6.54 Å². The van der Waals surface area contributed by atoms with Gasteiger partial charge in [-0.1, -0.05) is 23.7 Å².